The molecule has 0 unspecified atom stereocenters. The van der Waals surface area contributed by atoms with E-state index in [1.54, 1.807) is 4.90 Å². The average Bonchev–Trinajstić information content (AvgIpc) is 2.83. The smallest absolute Gasteiger partial charge is 0.321 e. The Labute approximate surface area is 123 Å². The number of esters is 1. The van der Waals surface area contributed by atoms with Gasteiger partial charge in [0, 0.05) is 17.5 Å². The first-order valence-electron chi connectivity index (χ1n) is 6.52. The maximum absolute atomic E-state index is 12.7. The fourth-order valence-electron chi connectivity index (χ4n) is 2.90. The van der Waals surface area contributed by atoms with Gasteiger partial charge in [0.05, 0.1) is 7.11 Å². The summed E-state index contributed by atoms with van der Waals surface area (Å²) in [5.74, 6) is -0.282. The molecule has 0 aromatic rings. The van der Waals surface area contributed by atoms with Crippen molar-refractivity contribution in [3.63, 3.8) is 0 Å². The largest absolute Gasteiger partial charge is 0.468 e. The number of carbonyl (C=O) groups is 2. The van der Waals surface area contributed by atoms with Gasteiger partial charge in [0.1, 0.15) is 5.41 Å². The van der Waals surface area contributed by atoms with Crippen LogP contribution in [0, 0.1) is 11.3 Å². The van der Waals surface area contributed by atoms with Crippen LogP contribution in [0.4, 0.5) is 0 Å². The zero-order valence-corrected chi connectivity index (χ0v) is 13.5. The van der Waals surface area contributed by atoms with E-state index in [4.69, 9.17) is 4.74 Å². The standard InChI is InChI=1S/C13H22INO3/c1-4-15(5-2)11(16)13(12(17)18-3)8-6-7-10(13)9-14/h10H,4-9H2,1-3H3/t10-,13+/m0/s1. The number of ether oxygens (including phenoxy) is 1. The van der Waals surface area contributed by atoms with Crippen molar-refractivity contribution in [2.45, 2.75) is 33.1 Å². The Kier molecular flexibility index (Phi) is 5.88. The number of carbonyl (C=O) groups excluding carboxylic acids is 2. The third kappa shape index (κ3) is 2.51. The van der Waals surface area contributed by atoms with Gasteiger partial charge in [-0.3, -0.25) is 9.59 Å². The summed E-state index contributed by atoms with van der Waals surface area (Å²) in [7, 11) is 1.38. The Morgan fingerprint density at radius 3 is 2.44 bits per heavy atom. The lowest BCUT2D eigenvalue weighted by Gasteiger charge is -2.35. The van der Waals surface area contributed by atoms with Crippen molar-refractivity contribution in [2.75, 3.05) is 24.6 Å². The molecule has 5 heteroatoms. The highest BCUT2D eigenvalue weighted by Crippen LogP contribution is 2.46. The summed E-state index contributed by atoms with van der Waals surface area (Å²) in [5.41, 5.74) is -0.929. The van der Waals surface area contributed by atoms with Gasteiger partial charge in [0.25, 0.3) is 0 Å². The minimum Gasteiger partial charge on any atom is -0.468 e. The van der Waals surface area contributed by atoms with E-state index in [-0.39, 0.29) is 17.8 Å². The number of methoxy groups -OCH3 is 1. The quantitative estimate of drug-likeness (QED) is 0.324. The molecule has 2 atom stereocenters. The minimum atomic E-state index is -0.929. The molecular weight excluding hydrogens is 345 g/mol. The van der Waals surface area contributed by atoms with Gasteiger partial charge in [0.2, 0.25) is 5.91 Å². The molecule has 0 N–H and O–H groups in total. The molecule has 1 aliphatic carbocycles. The molecule has 0 heterocycles. The predicted molar refractivity (Wildman–Crippen MR) is 78.6 cm³/mol. The Balaban J connectivity index is 3.12. The number of nitrogens with zero attached hydrogens (tertiary/aromatic N) is 1. The number of hydrogen-bond donors (Lipinski definition) is 0. The molecule has 4 nitrogen and oxygen atoms in total. The average molecular weight is 367 g/mol. The van der Waals surface area contributed by atoms with Crippen molar-refractivity contribution in [1.29, 1.82) is 0 Å². The molecule has 0 aromatic carbocycles. The van der Waals surface area contributed by atoms with E-state index in [2.05, 4.69) is 22.6 Å². The zero-order valence-electron chi connectivity index (χ0n) is 11.4. The van der Waals surface area contributed by atoms with Crippen LogP contribution in [0.25, 0.3) is 0 Å². The van der Waals surface area contributed by atoms with E-state index in [1.165, 1.54) is 7.11 Å². The number of alkyl halides is 1. The van der Waals surface area contributed by atoms with Crippen LogP contribution in [-0.2, 0) is 14.3 Å². The van der Waals surface area contributed by atoms with Crippen molar-refractivity contribution < 1.29 is 14.3 Å². The molecular formula is C13H22INO3. The maximum atomic E-state index is 12.7. The highest BCUT2D eigenvalue weighted by molar-refractivity contribution is 14.1. The van der Waals surface area contributed by atoms with Crippen molar-refractivity contribution in [1.82, 2.24) is 4.90 Å². The Hall–Kier alpha value is -0.330. The van der Waals surface area contributed by atoms with Crippen LogP contribution in [-0.4, -0.2) is 41.4 Å². The summed E-state index contributed by atoms with van der Waals surface area (Å²) in [6.07, 6.45) is 2.49. The Morgan fingerprint density at radius 2 is 2.00 bits per heavy atom. The second-order valence-electron chi connectivity index (χ2n) is 4.68. The molecule has 1 rings (SSSR count). The third-order valence-electron chi connectivity index (χ3n) is 3.99. The summed E-state index contributed by atoms with van der Waals surface area (Å²) in [6, 6.07) is 0. The molecule has 0 aromatic heterocycles. The van der Waals surface area contributed by atoms with Crippen molar-refractivity contribution in [3.8, 4) is 0 Å². The highest BCUT2D eigenvalue weighted by atomic mass is 127. The van der Waals surface area contributed by atoms with Crippen molar-refractivity contribution in [2.24, 2.45) is 11.3 Å². The number of halogens is 1. The van der Waals surface area contributed by atoms with Gasteiger partial charge >= 0.3 is 5.97 Å². The number of amides is 1. The summed E-state index contributed by atoms with van der Waals surface area (Å²) < 4.78 is 5.76. The third-order valence-corrected chi connectivity index (χ3v) is 5.05. The van der Waals surface area contributed by atoms with Gasteiger partial charge in [-0.05, 0) is 32.6 Å². The molecule has 0 spiro atoms. The van der Waals surface area contributed by atoms with E-state index >= 15 is 0 Å². The van der Waals surface area contributed by atoms with Gasteiger partial charge in [-0.25, -0.2) is 0 Å². The molecule has 1 amide bonds. The lowest BCUT2D eigenvalue weighted by atomic mass is 9.77. The summed E-state index contributed by atoms with van der Waals surface area (Å²) >= 11 is 2.27. The second-order valence-corrected chi connectivity index (χ2v) is 5.56. The van der Waals surface area contributed by atoms with Gasteiger partial charge in [-0.2, -0.15) is 0 Å². The lowest BCUT2D eigenvalue weighted by Crippen LogP contribution is -2.51. The SMILES string of the molecule is CCN(CC)C(=O)[C@@]1(C(=O)OC)CCC[C@H]1CI. The summed E-state index contributed by atoms with van der Waals surface area (Å²) in [4.78, 5) is 26.7. The van der Waals surface area contributed by atoms with Crippen LogP contribution < -0.4 is 0 Å². The van der Waals surface area contributed by atoms with Crippen LogP contribution in [0.2, 0.25) is 0 Å². The van der Waals surface area contributed by atoms with Crippen LogP contribution >= 0.6 is 22.6 Å². The Morgan fingerprint density at radius 1 is 1.39 bits per heavy atom. The van der Waals surface area contributed by atoms with E-state index in [9.17, 15) is 9.59 Å². The van der Waals surface area contributed by atoms with Crippen molar-refractivity contribution in [3.05, 3.63) is 0 Å². The molecule has 0 radical (unpaired) electrons. The van der Waals surface area contributed by atoms with Crippen LogP contribution in [0.5, 0.6) is 0 Å². The predicted octanol–water partition coefficient (Wildman–Crippen LogP) is 2.25. The summed E-state index contributed by atoms with van der Waals surface area (Å²) in [6.45, 7) is 5.17. The van der Waals surface area contributed by atoms with Gasteiger partial charge in [0.15, 0.2) is 0 Å². The number of hydrogen-bond acceptors (Lipinski definition) is 3. The maximum Gasteiger partial charge on any atom is 0.321 e. The summed E-state index contributed by atoms with van der Waals surface area (Å²) in [5, 5.41) is 0. The minimum absolute atomic E-state index is 0.0430. The first-order chi connectivity index (χ1) is 8.58. The molecule has 1 fully saturated rings. The number of rotatable bonds is 5. The monoisotopic (exact) mass is 367 g/mol. The zero-order chi connectivity index (χ0) is 13.8. The van der Waals surface area contributed by atoms with Gasteiger partial charge < -0.3 is 9.64 Å². The molecule has 0 aliphatic heterocycles. The first-order valence-corrected chi connectivity index (χ1v) is 8.04. The van der Waals surface area contributed by atoms with Gasteiger partial charge in [-0.1, -0.05) is 29.0 Å². The van der Waals surface area contributed by atoms with E-state index in [1.807, 2.05) is 13.8 Å². The first kappa shape index (κ1) is 15.7. The fraction of sp³-hybridized carbons (Fsp3) is 0.846. The van der Waals surface area contributed by atoms with Crippen LogP contribution in [0.1, 0.15) is 33.1 Å². The molecule has 104 valence electrons. The highest BCUT2D eigenvalue weighted by Gasteiger charge is 2.56. The van der Waals surface area contributed by atoms with Crippen LogP contribution in [0.15, 0.2) is 0 Å². The molecule has 1 aliphatic rings. The molecule has 18 heavy (non-hydrogen) atoms. The topological polar surface area (TPSA) is 46.6 Å². The lowest BCUT2D eigenvalue weighted by molar-refractivity contribution is -0.165. The molecule has 0 saturated heterocycles. The normalized spacial score (nSPS) is 27.0. The van der Waals surface area contributed by atoms with Crippen LogP contribution in [0.3, 0.4) is 0 Å². The second kappa shape index (κ2) is 6.73. The van der Waals surface area contributed by atoms with Gasteiger partial charge in [-0.15, -0.1) is 0 Å². The van der Waals surface area contributed by atoms with E-state index in [0.717, 1.165) is 17.3 Å². The molecule has 1 saturated carbocycles. The fourth-order valence-corrected chi connectivity index (χ4v) is 4.09. The van der Waals surface area contributed by atoms with Crippen molar-refractivity contribution >= 4 is 34.5 Å². The van der Waals surface area contributed by atoms with E-state index < -0.39 is 5.41 Å². The molecule has 0 bridgehead atoms. The van der Waals surface area contributed by atoms with E-state index in [0.29, 0.717) is 19.5 Å². The Bertz CT molecular complexity index is 317.